The summed E-state index contributed by atoms with van der Waals surface area (Å²) in [7, 11) is 0. The van der Waals surface area contributed by atoms with Crippen LogP contribution in [0.2, 0.25) is 0 Å². The fraction of sp³-hybridized carbons (Fsp3) is 0. The molecule has 0 heterocycles. The lowest BCUT2D eigenvalue weighted by Crippen LogP contribution is -1.86. The first kappa shape index (κ1) is 21.3. The van der Waals surface area contributed by atoms with Gasteiger partial charge in [0.15, 0.2) is 5.69 Å². The van der Waals surface area contributed by atoms with Crippen molar-refractivity contribution in [2.75, 3.05) is 0 Å². The van der Waals surface area contributed by atoms with Crippen LogP contribution in [0, 0.1) is 10.1 Å². The monoisotopic (exact) mass is 435 g/mol. The maximum Gasteiger partial charge on any atom is 0.296 e. The number of hydrogen-bond donors (Lipinski definition) is 0. The molecule has 0 amide bonds. The van der Waals surface area contributed by atoms with Crippen LogP contribution in [0.5, 0.6) is 0 Å². The number of azo groups is 3. The maximum atomic E-state index is 11.2. The molecule has 0 saturated heterocycles. The van der Waals surface area contributed by atoms with Crippen molar-refractivity contribution in [3.05, 3.63) is 113 Å². The fourth-order valence-electron chi connectivity index (χ4n) is 2.79. The maximum absolute atomic E-state index is 11.2. The minimum absolute atomic E-state index is 0.127. The first-order valence-electron chi connectivity index (χ1n) is 9.92. The van der Waals surface area contributed by atoms with Gasteiger partial charge in [-0.15, -0.1) is 25.6 Å². The zero-order valence-electron chi connectivity index (χ0n) is 17.3. The van der Waals surface area contributed by atoms with Crippen LogP contribution in [0.3, 0.4) is 0 Å². The van der Waals surface area contributed by atoms with E-state index in [1.54, 1.807) is 48.5 Å². The molecule has 0 unspecified atom stereocenters. The second-order valence-corrected chi connectivity index (χ2v) is 6.66. The summed E-state index contributed by atoms with van der Waals surface area (Å²) in [5.41, 5.74) is 2.72. The van der Waals surface area contributed by atoms with E-state index in [-0.39, 0.29) is 11.4 Å². The number of nitro benzene ring substituents is 1. The van der Waals surface area contributed by atoms with Gasteiger partial charge in [0.2, 0.25) is 0 Å². The summed E-state index contributed by atoms with van der Waals surface area (Å²) >= 11 is 0. The Labute approximate surface area is 189 Å². The van der Waals surface area contributed by atoms with Crippen molar-refractivity contribution in [2.24, 2.45) is 30.7 Å². The third kappa shape index (κ3) is 5.61. The van der Waals surface area contributed by atoms with Crippen molar-refractivity contribution in [3.63, 3.8) is 0 Å². The van der Waals surface area contributed by atoms with Gasteiger partial charge >= 0.3 is 0 Å². The van der Waals surface area contributed by atoms with E-state index >= 15 is 0 Å². The minimum atomic E-state index is -0.499. The highest BCUT2D eigenvalue weighted by Gasteiger charge is 2.12. The van der Waals surface area contributed by atoms with E-state index < -0.39 is 4.92 Å². The average molecular weight is 435 g/mol. The summed E-state index contributed by atoms with van der Waals surface area (Å²) in [6.07, 6.45) is 0. The van der Waals surface area contributed by atoms with Crippen LogP contribution in [-0.4, -0.2) is 4.92 Å². The summed E-state index contributed by atoms with van der Waals surface area (Å²) in [4.78, 5) is 10.7. The summed E-state index contributed by atoms with van der Waals surface area (Å²) in [6.45, 7) is 0. The molecule has 4 aromatic carbocycles. The summed E-state index contributed by atoms with van der Waals surface area (Å²) < 4.78 is 0. The highest BCUT2D eigenvalue weighted by atomic mass is 16.6. The predicted molar refractivity (Wildman–Crippen MR) is 125 cm³/mol. The van der Waals surface area contributed by atoms with Gasteiger partial charge in [-0.1, -0.05) is 54.6 Å². The van der Waals surface area contributed by atoms with E-state index in [9.17, 15) is 10.1 Å². The van der Waals surface area contributed by atoms with Crippen LogP contribution >= 0.6 is 0 Å². The van der Waals surface area contributed by atoms with Crippen molar-refractivity contribution in [3.8, 4) is 0 Å². The second kappa shape index (κ2) is 10.4. The molecule has 4 aromatic rings. The first-order chi connectivity index (χ1) is 16.2. The smallest absolute Gasteiger partial charge is 0.258 e. The number of para-hydroxylation sites is 1. The number of nitrogens with zero attached hydrogens (tertiary/aromatic N) is 7. The molecule has 0 spiro atoms. The normalized spacial score (nSPS) is 11.5. The Morgan fingerprint density at radius 2 is 0.818 bits per heavy atom. The van der Waals surface area contributed by atoms with E-state index in [1.807, 2.05) is 42.5 Å². The molecular weight excluding hydrogens is 418 g/mol. The van der Waals surface area contributed by atoms with Crippen molar-refractivity contribution >= 4 is 39.8 Å². The van der Waals surface area contributed by atoms with Gasteiger partial charge in [-0.2, -0.15) is 5.11 Å². The lowest BCUT2D eigenvalue weighted by atomic mass is 10.2. The second-order valence-electron chi connectivity index (χ2n) is 6.66. The lowest BCUT2D eigenvalue weighted by Gasteiger charge is -2.00. The van der Waals surface area contributed by atoms with Gasteiger partial charge in [-0.3, -0.25) is 10.1 Å². The summed E-state index contributed by atoms with van der Waals surface area (Å²) in [6, 6.07) is 29.8. The Balaban J connectivity index is 1.60. The zero-order chi connectivity index (χ0) is 22.9. The molecule has 0 aliphatic rings. The van der Waals surface area contributed by atoms with Crippen molar-refractivity contribution in [1.29, 1.82) is 0 Å². The Bertz CT molecular complexity index is 1350. The van der Waals surface area contributed by atoms with Crippen LogP contribution in [-0.2, 0) is 0 Å². The van der Waals surface area contributed by atoms with Crippen LogP contribution in [0.1, 0.15) is 0 Å². The lowest BCUT2D eigenvalue weighted by molar-refractivity contribution is -0.384. The molecule has 0 aliphatic heterocycles. The standard InChI is InChI=1S/C24H17N7O2/c32-31(33)24-17-9-8-16-23(24)30-29-22-15-7-6-14-21(22)28-27-20-13-5-4-12-19(20)26-25-18-10-2-1-3-11-18/h1-17H. The van der Waals surface area contributed by atoms with Gasteiger partial charge in [0.25, 0.3) is 5.69 Å². The van der Waals surface area contributed by atoms with E-state index in [0.717, 1.165) is 5.69 Å². The number of benzene rings is 4. The first-order valence-corrected chi connectivity index (χ1v) is 9.92. The fourth-order valence-corrected chi connectivity index (χ4v) is 2.79. The molecule has 0 aliphatic carbocycles. The zero-order valence-corrected chi connectivity index (χ0v) is 17.3. The van der Waals surface area contributed by atoms with E-state index in [0.29, 0.717) is 22.7 Å². The molecule has 0 radical (unpaired) electrons. The van der Waals surface area contributed by atoms with Gasteiger partial charge in [-0.25, -0.2) is 0 Å². The molecule has 0 atom stereocenters. The molecule has 0 bridgehead atoms. The predicted octanol–water partition coefficient (Wildman–Crippen LogP) is 8.84. The highest BCUT2D eigenvalue weighted by molar-refractivity contribution is 5.64. The summed E-state index contributed by atoms with van der Waals surface area (Å²) in [5, 5.41) is 36.5. The SMILES string of the molecule is O=[N+]([O-])c1ccccc1N=Nc1ccccc1N=Nc1ccccc1N=Nc1ccccc1. The Hall–Kier alpha value is -4.92. The quantitative estimate of drug-likeness (QED) is 0.164. The van der Waals surface area contributed by atoms with Crippen LogP contribution in [0.25, 0.3) is 0 Å². The van der Waals surface area contributed by atoms with E-state index in [4.69, 9.17) is 0 Å². The summed E-state index contributed by atoms with van der Waals surface area (Å²) in [5.74, 6) is 0. The van der Waals surface area contributed by atoms with Gasteiger partial charge in [-0.05, 0) is 42.5 Å². The van der Waals surface area contributed by atoms with Crippen molar-refractivity contribution in [1.82, 2.24) is 0 Å². The molecule has 0 N–H and O–H groups in total. The highest BCUT2D eigenvalue weighted by Crippen LogP contribution is 2.35. The molecule has 160 valence electrons. The minimum Gasteiger partial charge on any atom is -0.258 e. The van der Waals surface area contributed by atoms with Crippen molar-refractivity contribution < 1.29 is 4.92 Å². The molecule has 0 aromatic heterocycles. The largest absolute Gasteiger partial charge is 0.296 e. The number of hydrogen-bond acceptors (Lipinski definition) is 8. The third-order valence-electron chi connectivity index (χ3n) is 4.40. The number of rotatable bonds is 7. The van der Waals surface area contributed by atoms with Gasteiger partial charge in [0.05, 0.1) is 10.6 Å². The Morgan fingerprint density at radius 1 is 0.455 bits per heavy atom. The van der Waals surface area contributed by atoms with E-state index in [1.165, 1.54) is 12.1 Å². The van der Waals surface area contributed by atoms with Crippen LogP contribution < -0.4 is 0 Å². The van der Waals surface area contributed by atoms with Gasteiger partial charge in [0, 0.05) is 6.07 Å². The molecule has 0 fully saturated rings. The third-order valence-corrected chi connectivity index (χ3v) is 4.40. The molecule has 4 rings (SSSR count). The van der Waals surface area contributed by atoms with Crippen molar-refractivity contribution in [2.45, 2.75) is 0 Å². The van der Waals surface area contributed by atoms with Gasteiger partial charge < -0.3 is 0 Å². The molecule has 9 nitrogen and oxygen atoms in total. The van der Waals surface area contributed by atoms with Crippen LogP contribution in [0.4, 0.5) is 39.8 Å². The molecule has 9 heteroatoms. The average Bonchev–Trinajstić information content (AvgIpc) is 2.86. The van der Waals surface area contributed by atoms with E-state index in [2.05, 4.69) is 30.7 Å². The van der Waals surface area contributed by atoms with Gasteiger partial charge in [0.1, 0.15) is 22.7 Å². The number of nitro groups is 1. The van der Waals surface area contributed by atoms with Crippen LogP contribution in [0.15, 0.2) is 134 Å². The Kier molecular flexibility index (Phi) is 6.72. The topological polar surface area (TPSA) is 117 Å². The molecular formula is C24H17N7O2. The molecule has 0 saturated carbocycles. The molecule has 33 heavy (non-hydrogen) atoms. The Morgan fingerprint density at radius 3 is 1.30 bits per heavy atom.